The third-order valence-electron chi connectivity index (χ3n) is 7.55. The second kappa shape index (κ2) is 15.8. The molecule has 0 unspecified atom stereocenters. The van der Waals surface area contributed by atoms with Gasteiger partial charge in [0.05, 0.1) is 17.7 Å². The van der Waals surface area contributed by atoms with Crippen LogP contribution in [0.1, 0.15) is 113 Å². The largest absolute Gasteiger partial charge is 0.494 e. The van der Waals surface area contributed by atoms with Crippen molar-refractivity contribution < 1.29 is 33.7 Å². The minimum Gasteiger partial charge on any atom is -0.494 e. The Kier molecular flexibility index (Phi) is 11.6. The number of unbranched alkanes of at least 4 members (excludes halogenated alkanes) is 7. The molecule has 222 valence electrons. The van der Waals surface area contributed by atoms with Gasteiger partial charge < -0.3 is 19.3 Å². The Morgan fingerprint density at radius 1 is 0.690 bits per heavy atom. The van der Waals surface area contributed by atoms with Gasteiger partial charge in [-0.05, 0) is 91.8 Å². The lowest BCUT2D eigenvalue weighted by Gasteiger charge is -2.16. The number of hydrogen-bond donors (Lipinski definition) is 1. The predicted octanol–water partition coefficient (Wildman–Crippen LogP) is 8.22. The molecule has 0 amide bonds. The van der Waals surface area contributed by atoms with Gasteiger partial charge in [0.25, 0.3) is 0 Å². The molecule has 42 heavy (non-hydrogen) atoms. The van der Waals surface area contributed by atoms with Gasteiger partial charge in [0.2, 0.25) is 0 Å². The van der Waals surface area contributed by atoms with Crippen LogP contribution in [-0.2, 0) is 12.8 Å². The van der Waals surface area contributed by atoms with E-state index in [-0.39, 0.29) is 17.1 Å². The van der Waals surface area contributed by atoms with Crippen LogP contribution in [0, 0.1) is 0 Å². The maximum atomic E-state index is 12.9. The maximum Gasteiger partial charge on any atom is 0.343 e. The van der Waals surface area contributed by atoms with Crippen LogP contribution in [0.25, 0.3) is 0 Å². The Morgan fingerprint density at radius 2 is 1.26 bits per heavy atom. The number of carbonyl (C=O) groups excluding carboxylic acids is 2. The number of esters is 2. The van der Waals surface area contributed by atoms with Gasteiger partial charge in [0, 0.05) is 0 Å². The molecule has 1 aliphatic rings. The molecule has 4 rings (SSSR count). The predicted molar refractivity (Wildman–Crippen MR) is 161 cm³/mol. The topological polar surface area (TPSA) is 99.1 Å². The molecule has 1 aliphatic carbocycles. The third-order valence-corrected chi connectivity index (χ3v) is 7.55. The first-order chi connectivity index (χ1) is 20.5. The minimum atomic E-state index is -1.38. The van der Waals surface area contributed by atoms with Crippen molar-refractivity contribution in [2.45, 2.75) is 84.0 Å². The molecule has 0 radical (unpaired) electrons. The van der Waals surface area contributed by atoms with Crippen molar-refractivity contribution in [1.29, 1.82) is 0 Å². The molecule has 0 bridgehead atoms. The minimum absolute atomic E-state index is 0.194. The maximum absolute atomic E-state index is 12.9. The monoisotopic (exact) mass is 572 g/mol. The lowest BCUT2D eigenvalue weighted by atomic mass is 9.90. The molecule has 1 N–H and O–H groups in total. The smallest absolute Gasteiger partial charge is 0.343 e. The average Bonchev–Trinajstić information content (AvgIpc) is 3.00. The summed E-state index contributed by atoms with van der Waals surface area (Å²) in [6, 6.07) is 16.2. The van der Waals surface area contributed by atoms with E-state index >= 15 is 0 Å². The van der Waals surface area contributed by atoms with Crippen LogP contribution in [0.15, 0.2) is 60.7 Å². The molecular weight excluding hydrogens is 532 g/mol. The second-order valence-electron chi connectivity index (χ2n) is 10.8. The van der Waals surface area contributed by atoms with Crippen LogP contribution >= 0.6 is 0 Å². The highest BCUT2D eigenvalue weighted by Crippen LogP contribution is 2.31. The van der Waals surface area contributed by atoms with Crippen molar-refractivity contribution in [3.05, 3.63) is 88.5 Å². The number of hydrogen-bond acceptors (Lipinski definition) is 6. The van der Waals surface area contributed by atoms with E-state index in [1.807, 2.05) is 12.1 Å². The summed E-state index contributed by atoms with van der Waals surface area (Å²) in [5.41, 5.74) is 2.52. The summed E-state index contributed by atoms with van der Waals surface area (Å²) in [5, 5.41) is 9.89. The van der Waals surface area contributed by atoms with Crippen LogP contribution in [0.4, 0.5) is 0 Å². The average molecular weight is 573 g/mol. The number of rotatable bonds is 15. The fraction of sp³-hybridized carbons (Fsp3) is 0.400. The van der Waals surface area contributed by atoms with Gasteiger partial charge in [-0.25, -0.2) is 14.4 Å². The SMILES string of the molecule is CCCCCCCCCCOc1ccc(C(=O)Oc2cccc(OC(=O)c3ccc4c(c3)CCCC4)c2C(=O)O)cc1. The first-order valence-electron chi connectivity index (χ1n) is 15.1. The van der Waals surface area contributed by atoms with E-state index in [0.717, 1.165) is 44.1 Å². The van der Waals surface area contributed by atoms with Crippen LogP contribution < -0.4 is 14.2 Å². The summed E-state index contributed by atoms with van der Waals surface area (Å²) in [7, 11) is 0. The molecule has 0 aromatic heterocycles. The first kappa shape index (κ1) is 30.8. The number of carboxylic acids is 1. The standard InChI is InChI=1S/C35H40O7/c1-2-3-4-5-6-7-8-11-23-40-29-21-19-26(20-22-29)34(38)41-30-15-12-16-31(32(30)33(36)37)42-35(39)28-18-17-25-13-9-10-14-27(25)24-28/h12,15-22,24H,2-11,13-14,23H2,1H3,(H,36,37). The summed E-state index contributed by atoms with van der Waals surface area (Å²) in [6.45, 7) is 2.83. The van der Waals surface area contributed by atoms with Crippen molar-refractivity contribution in [2.24, 2.45) is 0 Å². The zero-order valence-electron chi connectivity index (χ0n) is 24.4. The van der Waals surface area contributed by atoms with Crippen molar-refractivity contribution >= 4 is 17.9 Å². The third kappa shape index (κ3) is 8.68. The van der Waals surface area contributed by atoms with Crippen molar-refractivity contribution in [1.82, 2.24) is 0 Å². The molecule has 0 fully saturated rings. The van der Waals surface area contributed by atoms with Gasteiger partial charge in [0.15, 0.2) is 0 Å². The van der Waals surface area contributed by atoms with Crippen LogP contribution in [0.3, 0.4) is 0 Å². The van der Waals surface area contributed by atoms with Gasteiger partial charge in [-0.1, -0.05) is 64.0 Å². The molecule has 0 saturated heterocycles. The first-order valence-corrected chi connectivity index (χ1v) is 15.1. The normalized spacial score (nSPS) is 12.3. The molecule has 7 nitrogen and oxygen atoms in total. The molecule has 0 atom stereocenters. The van der Waals surface area contributed by atoms with Crippen LogP contribution in [-0.4, -0.2) is 29.6 Å². The summed E-state index contributed by atoms with van der Waals surface area (Å²) in [6.07, 6.45) is 13.8. The highest BCUT2D eigenvalue weighted by atomic mass is 16.5. The van der Waals surface area contributed by atoms with Gasteiger partial charge in [-0.3, -0.25) is 0 Å². The Labute approximate surface area is 247 Å². The summed E-state index contributed by atoms with van der Waals surface area (Å²) < 4.78 is 16.7. The van der Waals surface area contributed by atoms with E-state index in [4.69, 9.17) is 14.2 Å². The van der Waals surface area contributed by atoms with Gasteiger partial charge in [-0.2, -0.15) is 0 Å². The summed E-state index contributed by atoms with van der Waals surface area (Å²) >= 11 is 0. The molecule has 0 aliphatic heterocycles. The molecule has 7 heteroatoms. The number of aromatic carboxylic acids is 1. The quantitative estimate of drug-likeness (QED) is 0.111. The number of aryl methyl sites for hydroxylation is 2. The molecule has 3 aromatic rings. The van der Waals surface area contributed by atoms with Crippen molar-refractivity contribution in [3.8, 4) is 17.2 Å². The zero-order valence-corrected chi connectivity index (χ0v) is 24.4. The van der Waals surface area contributed by atoms with Gasteiger partial charge in [-0.15, -0.1) is 0 Å². The van der Waals surface area contributed by atoms with Crippen molar-refractivity contribution in [2.75, 3.05) is 6.61 Å². The molecule has 0 heterocycles. The molecule has 0 saturated carbocycles. The Hall–Kier alpha value is -4.13. The number of benzene rings is 3. The summed E-state index contributed by atoms with van der Waals surface area (Å²) in [4.78, 5) is 37.9. The Bertz CT molecular complexity index is 1360. The van der Waals surface area contributed by atoms with E-state index in [1.165, 1.54) is 62.3 Å². The lowest BCUT2D eigenvalue weighted by Crippen LogP contribution is -2.15. The number of carbonyl (C=O) groups is 3. The van der Waals surface area contributed by atoms with E-state index in [2.05, 4.69) is 6.92 Å². The van der Waals surface area contributed by atoms with Gasteiger partial charge >= 0.3 is 17.9 Å². The van der Waals surface area contributed by atoms with E-state index < -0.39 is 23.5 Å². The highest BCUT2D eigenvalue weighted by Gasteiger charge is 2.24. The van der Waals surface area contributed by atoms with Crippen LogP contribution in [0.2, 0.25) is 0 Å². The van der Waals surface area contributed by atoms with Gasteiger partial charge in [0.1, 0.15) is 22.8 Å². The van der Waals surface area contributed by atoms with E-state index in [9.17, 15) is 19.5 Å². The van der Waals surface area contributed by atoms with Crippen LogP contribution in [0.5, 0.6) is 17.2 Å². The van der Waals surface area contributed by atoms with E-state index in [1.54, 1.807) is 30.3 Å². The van der Waals surface area contributed by atoms with Crippen molar-refractivity contribution in [3.63, 3.8) is 0 Å². The lowest BCUT2D eigenvalue weighted by molar-refractivity contribution is 0.0669. The zero-order chi connectivity index (χ0) is 29.7. The molecule has 3 aromatic carbocycles. The number of fused-ring (bicyclic) bond motifs is 1. The molecule has 0 spiro atoms. The fourth-order valence-electron chi connectivity index (χ4n) is 5.18. The van der Waals surface area contributed by atoms with E-state index in [0.29, 0.717) is 17.9 Å². The highest BCUT2D eigenvalue weighted by molar-refractivity contribution is 5.99. The number of carboxylic acid groups (broad SMARTS) is 1. The number of ether oxygens (including phenoxy) is 3. The second-order valence-corrected chi connectivity index (χ2v) is 10.8. The fourth-order valence-corrected chi connectivity index (χ4v) is 5.18. The summed E-state index contributed by atoms with van der Waals surface area (Å²) in [5.74, 6) is -2.53. The molecular formula is C35H40O7. The Balaban J connectivity index is 1.33. The Morgan fingerprint density at radius 3 is 1.90 bits per heavy atom.